The first-order chi connectivity index (χ1) is 8.50. The highest BCUT2D eigenvalue weighted by Gasteiger charge is 2.32. The van der Waals surface area contributed by atoms with Crippen LogP contribution in [0.5, 0.6) is 0 Å². The maximum atomic E-state index is 5.77. The summed E-state index contributed by atoms with van der Waals surface area (Å²) in [5.41, 5.74) is -0.0267. The van der Waals surface area contributed by atoms with Crippen LogP contribution in [0.1, 0.15) is 45.3 Å². The zero-order valence-corrected chi connectivity index (χ0v) is 11.8. The molecule has 1 saturated heterocycles. The molecule has 102 valence electrons. The van der Waals surface area contributed by atoms with E-state index in [0.29, 0.717) is 17.8 Å². The van der Waals surface area contributed by atoms with Crippen LogP contribution in [0, 0.1) is 6.92 Å². The van der Waals surface area contributed by atoms with E-state index in [1.165, 1.54) is 0 Å². The van der Waals surface area contributed by atoms with Gasteiger partial charge in [-0.25, -0.2) is 0 Å². The molecule has 0 aromatic carbocycles. The van der Waals surface area contributed by atoms with Gasteiger partial charge in [0.15, 0.2) is 5.82 Å². The van der Waals surface area contributed by atoms with Crippen molar-refractivity contribution in [2.24, 2.45) is 0 Å². The van der Waals surface area contributed by atoms with Crippen molar-refractivity contribution >= 4 is 0 Å². The minimum Gasteiger partial charge on any atom is -0.375 e. The molecule has 0 spiro atoms. The normalized spacial score (nSPS) is 23.5. The lowest BCUT2D eigenvalue weighted by molar-refractivity contribution is -0.0848. The fourth-order valence-corrected chi connectivity index (χ4v) is 2.59. The third-order valence-corrected chi connectivity index (χ3v) is 3.50. The standard InChI is InChI=1S/C13H23N3O2/c1-5-16(9-12-14-10(2)15-18-12)11-6-7-17-13(3,4)8-11/h11H,5-9H2,1-4H3. The highest BCUT2D eigenvalue weighted by atomic mass is 16.5. The SMILES string of the molecule is CCN(Cc1nc(C)no1)C1CCOC(C)(C)C1. The molecule has 1 unspecified atom stereocenters. The van der Waals surface area contributed by atoms with E-state index in [-0.39, 0.29) is 5.60 Å². The predicted octanol–water partition coefficient (Wildman–Crippen LogP) is 2.16. The van der Waals surface area contributed by atoms with Crippen molar-refractivity contribution in [3.63, 3.8) is 0 Å². The van der Waals surface area contributed by atoms with Gasteiger partial charge in [0.25, 0.3) is 0 Å². The highest BCUT2D eigenvalue weighted by molar-refractivity contribution is 4.88. The Hall–Kier alpha value is -0.940. The Morgan fingerprint density at radius 2 is 2.22 bits per heavy atom. The van der Waals surface area contributed by atoms with Gasteiger partial charge in [-0.05, 0) is 40.2 Å². The first-order valence-corrected chi connectivity index (χ1v) is 6.67. The van der Waals surface area contributed by atoms with Crippen molar-refractivity contribution in [2.75, 3.05) is 13.2 Å². The van der Waals surface area contributed by atoms with Crippen LogP contribution in [0.2, 0.25) is 0 Å². The molecule has 1 fully saturated rings. The quantitative estimate of drug-likeness (QED) is 0.823. The fraction of sp³-hybridized carbons (Fsp3) is 0.846. The van der Waals surface area contributed by atoms with Crippen molar-refractivity contribution < 1.29 is 9.26 Å². The van der Waals surface area contributed by atoms with E-state index in [0.717, 1.165) is 32.5 Å². The molecule has 2 rings (SSSR count). The van der Waals surface area contributed by atoms with E-state index in [4.69, 9.17) is 9.26 Å². The molecule has 1 aliphatic rings. The van der Waals surface area contributed by atoms with Crippen molar-refractivity contribution in [2.45, 2.75) is 58.7 Å². The summed E-state index contributed by atoms with van der Waals surface area (Å²) in [6.45, 7) is 10.9. The molecule has 0 amide bonds. The molecule has 0 saturated carbocycles. The maximum Gasteiger partial charge on any atom is 0.240 e. The molecule has 1 aliphatic heterocycles. The van der Waals surface area contributed by atoms with E-state index in [1.54, 1.807) is 0 Å². The Morgan fingerprint density at radius 3 is 2.78 bits per heavy atom. The van der Waals surface area contributed by atoms with Gasteiger partial charge in [0, 0.05) is 12.6 Å². The van der Waals surface area contributed by atoms with Gasteiger partial charge in [0.2, 0.25) is 5.89 Å². The summed E-state index contributed by atoms with van der Waals surface area (Å²) in [5, 5.41) is 3.84. The smallest absolute Gasteiger partial charge is 0.240 e. The molecule has 1 aromatic rings. The highest BCUT2D eigenvalue weighted by Crippen LogP contribution is 2.28. The Morgan fingerprint density at radius 1 is 1.44 bits per heavy atom. The van der Waals surface area contributed by atoms with Gasteiger partial charge >= 0.3 is 0 Å². The molecule has 18 heavy (non-hydrogen) atoms. The van der Waals surface area contributed by atoms with Gasteiger partial charge in [-0.15, -0.1) is 0 Å². The summed E-state index contributed by atoms with van der Waals surface area (Å²) in [4.78, 5) is 6.68. The Kier molecular flexibility index (Phi) is 4.02. The van der Waals surface area contributed by atoms with Crippen LogP contribution < -0.4 is 0 Å². The summed E-state index contributed by atoms with van der Waals surface area (Å²) < 4.78 is 11.0. The zero-order chi connectivity index (χ0) is 13.2. The molecular formula is C13H23N3O2. The van der Waals surface area contributed by atoms with Crippen LogP contribution in [0.4, 0.5) is 0 Å². The first-order valence-electron chi connectivity index (χ1n) is 6.67. The molecule has 0 radical (unpaired) electrons. The van der Waals surface area contributed by atoms with Crippen LogP contribution in [0.25, 0.3) is 0 Å². The van der Waals surface area contributed by atoms with Gasteiger partial charge in [-0.1, -0.05) is 12.1 Å². The third-order valence-electron chi connectivity index (χ3n) is 3.50. The number of aromatic nitrogens is 2. The molecule has 0 bridgehead atoms. The summed E-state index contributed by atoms with van der Waals surface area (Å²) in [6, 6.07) is 0.533. The Balaban J connectivity index is 1.99. The number of rotatable bonds is 4. The van der Waals surface area contributed by atoms with Crippen molar-refractivity contribution in [1.82, 2.24) is 15.0 Å². The minimum atomic E-state index is -0.0267. The number of ether oxygens (including phenoxy) is 1. The minimum absolute atomic E-state index is 0.0267. The molecule has 0 aliphatic carbocycles. The lowest BCUT2D eigenvalue weighted by atomic mass is 9.93. The van der Waals surface area contributed by atoms with E-state index >= 15 is 0 Å². The van der Waals surface area contributed by atoms with Gasteiger partial charge in [-0.3, -0.25) is 4.90 Å². The summed E-state index contributed by atoms with van der Waals surface area (Å²) in [6.07, 6.45) is 2.12. The van der Waals surface area contributed by atoms with Crippen LogP contribution in [-0.4, -0.2) is 39.8 Å². The maximum absolute atomic E-state index is 5.77. The average molecular weight is 253 g/mol. The van der Waals surface area contributed by atoms with E-state index in [1.807, 2.05) is 6.92 Å². The predicted molar refractivity (Wildman–Crippen MR) is 68.2 cm³/mol. The number of nitrogens with zero attached hydrogens (tertiary/aromatic N) is 3. The number of hydrogen-bond acceptors (Lipinski definition) is 5. The fourth-order valence-electron chi connectivity index (χ4n) is 2.59. The van der Waals surface area contributed by atoms with Crippen molar-refractivity contribution in [3.8, 4) is 0 Å². The van der Waals surface area contributed by atoms with E-state index in [2.05, 4.69) is 35.8 Å². The molecule has 1 atom stereocenters. The topological polar surface area (TPSA) is 51.4 Å². The summed E-state index contributed by atoms with van der Waals surface area (Å²) in [7, 11) is 0. The average Bonchev–Trinajstić information content (AvgIpc) is 2.70. The monoisotopic (exact) mass is 253 g/mol. The van der Waals surface area contributed by atoms with Crippen LogP contribution in [0.15, 0.2) is 4.52 Å². The molecule has 0 N–H and O–H groups in total. The lowest BCUT2D eigenvalue weighted by Gasteiger charge is -2.40. The van der Waals surface area contributed by atoms with Crippen molar-refractivity contribution in [1.29, 1.82) is 0 Å². The van der Waals surface area contributed by atoms with Gasteiger partial charge in [0.1, 0.15) is 0 Å². The van der Waals surface area contributed by atoms with Crippen LogP contribution in [-0.2, 0) is 11.3 Å². The third kappa shape index (κ3) is 3.29. The Labute approximate surface area is 108 Å². The molecule has 5 nitrogen and oxygen atoms in total. The second kappa shape index (κ2) is 5.36. The Bertz CT molecular complexity index is 389. The van der Waals surface area contributed by atoms with Crippen LogP contribution in [0.3, 0.4) is 0 Å². The molecule has 1 aromatic heterocycles. The molecular weight excluding hydrogens is 230 g/mol. The number of hydrogen-bond donors (Lipinski definition) is 0. The largest absolute Gasteiger partial charge is 0.375 e. The zero-order valence-electron chi connectivity index (χ0n) is 11.8. The van der Waals surface area contributed by atoms with Gasteiger partial charge in [-0.2, -0.15) is 4.98 Å². The van der Waals surface area contributed by atoms with E-state index < -0.39 is 0 Å². The summed E-state index contributed by atoms with van der Waals surface area (Å²) >= 11 is 0. The second-order valence-electron chi connectivity index (χ2n) is 5.55. The molecule has 5 heteroatoms. The van der Waals surface area contributed by atoms with Crippen molar-refractivity contribution in [3.05, 3.63) is 11.7 Å². The van der Waals surface area contributed by atoms with E-state index in [9.17, 15) is 0 Å². The molecule has 2 heterocycles. The second-order valence-corrected chi connectivity index (χ2v) is 5.55. The summed E-state index contributed by atoms with van der Waals surface area (Å²) in [5.74, 6) is 1.41. The van der Waals surface area contributed by atoms with Crippen LogP contribution >= 0.6 is 0 Å². The lowest BCUT2D eigenvalue weighted by Crippen LogP contribution is -2.45. The van der Waals surface area contributed by atoms with Gasteiger partial charge < -0.3 is 9.26 Å². The first kappa shape index (κ1) is 13.5. The number of aryl methyl sites for hydroxylation is 1. The van der Waals surface area contributed by atoms with Gasteiger partial charge in [0.05, 0.1) is 12.1 Å².